The van der Waals surface area contributed by atoms with Gasteiger partial charge in [-0.1, -0.05) is 42.5 Å². The highest BCUT2D eigenvalue weighted by molar-refractivity contribution is 5.98. The maximum atomic E-state index is 13.4. The largest absolute Gasteiger partial charge is 0.447 e. The van der Waals surface area contributed by atoms with Crippen molar-refractivity contribution in [2.24, 2.45) is 0 Å². The van der Waals surface area contributed by atoms with E-state index in [9.17, 15) is 19.7 Å². The summed E-state index contributed by atoms with van der Waals surface area (Å²) in [7, 11) is 1.70. The highest BCUT2D eigenvalue weighted by atomic mass is 16.7. The van der Waals surface area contributed by atoms with Gasteiger partial charge in [0, 0.05) is 25.6 Å². The van der Waals surface area contributed by atoms with Crippen LogP contribution in [0, 0.1) is 10.1 Å². The molecule has 0 aliphatic carbocycles. The van der Waals surface area contributed by atoms with Crippen LogP contribution in [0.25, 0.3) is 0 Å². The van der Waals surface area contributed by atoms with Crippen LogP contribution in [-0.4, -0.2) is 52.2 Å². The Hall–Kier alpha value is -3.30. The minimum absolute atomic E-state index is 0.00674. The number of nitro groups is 1. The molecule has 162 valence electrons. The van der Waals surface area contributed by atoms with Gasteiger partial charge in [-0.3, -0.25) is 19.7 Å². The number of hydroxylamine groups is 2. The molecule has 2 fully saturated rings. The van der Waals surface area contributed by atoms with Crippen molar-refractivity contribution in [3.8, 4) is 0 Å². The van der Waals surface area contributed by atoms with Crippen molar-refractivity contribution in [2.75, 3.05) is 13.7 Å². The molecule has 0 aromatic heterocycles. The molecule has 2 aliphatic heterocycles. The predicted octanol–water partition coefficient (Wildman–Crippen LogP) is 3.25. The Morgan fingerprint density at radius 2 is 1.87 bits per heavy atom. The van der Waals surface area contributed by atoms with Crippen molar-refractivity contribution in [2.45, 2.75) is 37.5 Å². The molecule has 3 atom stereocenters. The highest BCUT2D eigenvalue weighted by Gasteiger charge is 2.53. The van der Waals surface area contributed by atoms with E-state index in [0.717, 1.165) is 11.1 Å². The van der Waals surface area contributed by atoms with Crippen molar-refractivity contribution < 1.29 is 24.1 Å². The molecule has 4 rings (SSSR count). The lowest BCUT2D eigenvalue weighted by atomic mass is 9.92. The van der Waals surface area contributed by atoms with Crippen molar-refractivity contribution in [3.63, 3.8) is 0 Å². The number of hydrogen-bond donors (Lipinski definition) is 0. The van der Waals surface area contributed by atoms with Crippen LogP contribution in [-0.2, 0) is 20.8 Å². The quantitative estimate of drug-likeness (QED) is 0.535. The zero-order valence-electron chi connectivity index (χ0n) is 17.3. The van der Waals surface area contributed by atoms with Crippen molar-refractivity contribution >= 4 is 17.7 Å². The third kappa shape index (κ3) is 4.01. The van der Waals surface area contributed by atoms with E-state index in [2.05, 4.69) is 0 Å². The van der Waals surface area contributed by atoms with Gasteiger partial charge in [0.1, 0.15) is 6.61 Å². The number of amides is 2. The Kier molecular flexibility index (Phi) is 5.47. The number of non-ortho nitro benzene ring substituents is 1. The Labute approximate surface area is 179 Å². The van der Waals surface area contributed by atoms with E-state index in [1.54, 1.807) is 31.2 Å². The number of benzene rings is 2. The number of nitrogens with zero attached hydrogens (tertiary/aromatic N) is 3. The van der Waals surface area contributed by atoms with E-state index < -0.39 is 28.6 Å². The van der Waals surface area contributed by atoms with Gasteiger partial charge < -0.3 is 4.74 Å². The Balaban J connectivity index is 1.53. The van der Waals surface area contributed by atoms with Crippen LogP contribution >= 0.6 is 0 Å². The number of cyclic esters (lactones) is 1. The smallest absolute Gasteiger partial charge is 0.417 e. The molecule has 9 nitrogen and oxygen atoms in total. The van der Waals surface area contributed by atoms with Crippen molar-refractivity contribution in [3.05, 3.63) is 75.8 Å². The Morgan fingerprint density at radius 3 is 2.52 bits per heavy atom. The van der Waals surface area contributed by atoms with Crippen LogP contribution in [0.4, 0.5) is 10.5 Å². The summed E-state index contributed by atoms with van der Waals surface area (Å²) in [6.45, 7) is 1.79. The summed E-state index contributed by atoms with van der Waals surface area (Å²) in [5, 5.41) is 12.5. The molecule has 9 heteroatoms. The first-order valence-electron chi connectivity index (χ1n) is 9.99. The standard InChI is InChI=1S/C22H23N3O6/c1-22(13-19(23(2)31-22)16-8-10-17(11-9-16)25(28)29)20(26)24-18(14-30-21(24)27)12-15-6-4-3-5-7-15/h3-11,18-19H,12-14H2,1-2H3/t18-,19?,22?/m0/s1. The zero-order chi connectivity index (χ0) is 22.2. The van der Waals surface area contributed by atoms with Gasteiger partial charge in [0.15, 0.2) is 5.60 Å². The fourth-order valence-corrected chi connectivity index (χ4v) is 4.19. The van der Waals surface area contributed by atoms with E-state index in [4.69, 9.17) is 9.57 Å². The van der Waals surface area contributed by atoms with Gasteiger partial charge in [-0.05, 0) is 24.5 Å². The summed E-state index contributed by atoms with van der Waals surface area (Å²) in [6, 6.07) is 15.1. The van der Waals surface area contributed by atoms with Crippen LogP contribution < -0.4 is 0 Å². The Morgan fingerprint density at radius 1 is 1.19 bits per heavy atom. The van der Waals surface area contributed by atoms with Gasteiger partial charge in [-0.25, -0.2) is 9.69 Å². The molecule has 2 aliphatic rings. The topological polar surface area (TPSA) is 102 Å². The lowest BCUT2D eigenvalue weighted by Crippen LogP contribution is -2.51. The van der Waals surface area contributed by atoms with Crippen molar-refractivity contribution in [1.82, 2.24) is 9.96 Å². The average molecular weight is 425 g/mol. The van der Waals surface area contributed by atoms with Gasteiger partial charge >= 0.3 is 6.09 Å². The third-order valence-corrected chi connectivity index (χ3v) is 5.80. The van der Waals surface area contributed by atoms with Crippen LogP contribution in [0.15, 0.2) is 54.6 Å². The highest BCUT2D eigenvalue weighted by Crippen LogP contribution is 2.41. The van der Waals surface area contributed by atoms with Crippen LogP contribution in [0.3, 0.4) is 0 Å². The Bertz CT molecular complexity index is 996. The van der Waals surface area contributed by atoms with E-state index in [1.165, 1.54) is 17.0 Å². The van der Waals surface area contributed by atoms with Gasteiger partial charge in [-0.2, -0.15) is 5.06 Å². The van der Waals surface area contributed by atoms with Crippen LogP contribution in [0.1, 0.15) is 30.5 Å². The number of nitro benzene ring substituents is 1. The molecule has 0 N–H and O–H groups in total. The predicted molar refractivity (Wildman–Crippen MR) is 110 cm³/mol. The summed E-state index contributed by atoms with van der Waals surface area (Å²) in [6.07, 6.45) is 0.120. The molecule has 2 aromatic rings. The van der Waals surface area contributed by atoms with Gasteiger partial charge in [-0.15, -0.1) is 0 Å². The number of hydrogen-bond acceptors (Lipinski definition) is 7. The number of rotatable bonds is 5. The molecule has 0 bridgehead atoms. The molecule has 2 heterocycles. The lowest BCUT2D eigenvalue weighted by Gasteiger charge is -2.28. The second-order valence-electron chi connectivity index (χ2n) is 8.03. The second-order valence-corrected chi connectivity index (χ2v) is 8.03. The number of ether oxygens (including phenoxy) is 1. The fourth-order valence-electron chi connectivity index (χ4n) is 4.19. The monoisotopic (exact) mass is 425 g/mol. The van der Waals surface area contributed by atoms with Gasteiger partial charge in [0.2, 0.25) is 0 Å². The summed E-state index contributed by atoms with van der Waals surface area (Å²) < 4.78 is 5.18. The number of imide groups is 1. The molecular weight excluding hydrogens is 402 g/mol. The average Bonchev–Trinajstić information content (AvgIpc) is 3.27. The normalized spacial score (nSPS) is 26.1. The van der Waals surface area contributed by atoms with Gasteiger partial charge in [0.05, 0.1) is 17.0 Å². The molecular formula is C22H23N3O6. The van der Waals surface area contributed by atoms with E-state index in [1.807, 2.05) is 30.3 Å². The number of carbonyl (C=O) groups is 2. The van der Waals surface area contributed by atoms with Crippen LogP contribution in [0.2, 0.25) is 0 Å². The maximum Gasteiger partial charge on any atom is 0.417 e. The van der Waals surface area contributed by atoms with E-state index in [0.29, 0.717) is 12.8 Å². The number of carbonyl (C=O) groups excluding carboxylic acids is 2. The van der Waals surface area contributed by atoms with Crippen molar-refractivity contribution in [1.29, 1.82) is 0 Å². The molecule has 2 saturated heterocycles. The SMILES string of the molecule is CN1OC(C)(C(=O)N2C(=O)OC[C@@H]2Cc2ccccc2)CC1c1ccc([N+](=O)[O-])cc1. The summed E-state index contributed by atoms with van der Waals surface area (Å²) in [5.41, 5.74) is 0.517. The van der Waals surface area contributed by atoms with Crippen LogP contribution in [0.5, 0.6) is 0 Å². The minimum Gasteiger partial charge on any atom is -0.447 e. The first kappa shape index (κ1) is 21.0. The third-order valence-electron chi connectivity index (χ3n) is 5.80. The molecule has 0 saturated carbocycles. The maximum absolute atomic E-state index is 13.4. The molecule has 2 unspecified atom stereocenters. The first-order chi connectivity index (χ1) is 14.8. The van der Waals surface area contributed by atoms with Gasteiger partial charge in [0.25, 0.3) is 11.6 Å². The fraction of sp³-hybridized carbons (Fsp3) is 0.364. The summed E-state index contributed by atoms with van der Waals surface area (Å²) in [5.74, 6) is -0.452. The molecule has 2 amide bonds. The second kappa shape index (κ2) is 8.09. The first-order valence-corrected chi connectivity index (χ1v) is 9.99. The molecule has 31 heavy (non-hydrogen) atoms. The van der Waals surface area contributed by atoms with E-state index in [-0.39, 0.29) is 18.3 Å². The van der Waals surface area contributed by atoms with E-state index >= 15 is 0 Å². The zero-order valence-corrected chi connectivity index (χ0v) is 17.3. The summed E-state index contributed by atoms with van der Waals surface area (Å²) >= 11 is 0. The molecule has 0 spiro atoms. The minimum atomic E-state index is -1.26. The molecule has 0 radical (unpaired) electrons. The molecule has 2 aromatic carbocycles. The summed E-state index contributed by atoms with van der Waals surface area (Å²) in [4.78, 5) is 43.4. The lowest BCUT2D eigenvalue weighted by molar-refractivity contribution is -0.384.